The number of carbonyl (C=O) groups is 1. The van der Waals surface area contributed by atoms with Gasteiger partial charge in [0.15, 0.2) is 0 Å². The lowest BCUT2D eigenvalue weighted by Gasteiger charge is -2.36. The number of benzene rings is 2. The van der Waals surface area contributed by atoms with Crippen LogP contribution < -0.4 is 14.4 Å². The van der Waals surface area contributed by atoms with Gasteiger partial charge in [0.25, 0.3) is 5.91 Å². The van der Waals surface area contributed by atoms with Crippen molar-refractivity contribution in [1.29, 1.82) is 0 Å². The molecule has 0 atom stereocenters. The number of nitrogens with zero attached hydrogens (tertiary/aromatic N) is 4. The molecule has 2 aromatic carbocycles. The topological polar surface area (TPSA) is 59.8 Å². The van der Waals surface area contributed by atoms with Crippen LogP contribution in [0.1, 0.15) is 10.5 Å². The van der Waals surface area contributed by atoms with Crippen LogP contribution in [0.15, 0.2) is 54.6 Å². The SMILES string of the molecule is COc1ccc(-c2cc(C(=O)N3CCN(c4ccccc4OC)CC3)n(C)n2)cc1. The third-order valence-electron chi connectivity index (χ3n) is 5.48. The van der Waals surface area contributed by atoms with Crippen molar-refractivity contribution in [3.63, 3.8) is 0 Å². The van der Waals surface area contributed by atoms with Gasteiger partial charge in [-0.3, -0.25) is 9.48 Å². The first kappa shape index (κ1) is 19.8. The fourth-order valence-corrected chi connectivity index (χ4v) is 3.77. The van der Waals surface area contributed by atoms with Gasteiger partial charge < -0.3 is 19.3 Å². The Morgan fingerprint density at radius 3 is 2.30 bits per heavy atom. The molecule has 2 heterocycles. The summed E-state index contributed by atoms with van der Waals surface area (Å²) in [6.45, 7) is 2.82. The Bertz CT molecular complexity index is 1020. The van der Waals surface area contributed by atoms with Gasteiger partial charge in [-0.15, -0.1) is 0 Å². The maximum absolute atomic E-state index is 13.1. The highest BCUT2D eigenvalue weighted by Gasteiger charge is 2.26. The Kier molecular flexibility index (Phi) is 5.61. The molecule has 1 aliphatic heterocycles. The molecule has 1 amide bonds. The molecule has 0 unspecified atom stereocenters. The Morgan fingerprint density at radius 2 is 1.63 bits per heavy atom. The molecule has 0 N–H and O–H groups in total. The predicted octanol–water partition coefficient (Wildman–Crippen LogP) is 3.07. The minimum absolute atomic E-state index is 0.00411. The number of anilines is 1. The van der Waals surface area contributed by atoms with Crippen LogP contribution in [0.3, 0.4) is 0 Å². The van der Waals surface area contributed by atoms with Gasteiger partial charge in [-0.2, -0.15) is 5.10 Å². The van der Waals surface area contributed by atoms with Crippen molar-refractivity contribution in [3.8, 4) is 22.8 Å². The number of piperazine rings is 1. The Morgan fingerprint density at radius 1 is 0.933 bits per heavy atom. The molecule has 4 rings (SSSR count). The maximum Gasteiger partial charge on any atom is 0.272 e. The van der Waals surface area contributed by atoms with E-state index in [2.05, 4.69) is 16.1 Å². The highest BCUT2D eigenvalue weighted by atomic mass is 16.5. The molecule has 0 radical (unpaired) electrons. The molecular weight excluding hydrogens is 380 g/mol. The number of ether oxygens (including phenoxy) is 2. The fraction of sp³-hybridized carbons (Fsp3) is 0.304. The molecule has 7 heteroatoms. The summed E-state index contributed by atoms with van der Waals surface area (Å²) < 4.78 is 12.3. The lowest BCUT2D eigenvalue weighted by atomic mass is 10.1. The molecule has 7 nitrogen and oxygen atoms in total. The fourth-order valence-electron chi connectivity index (χ4n) is 3.77. The highest BCUT2D eigenvalue weighted by Crippen LogP contribution is 2.29. The van der Waals surface area contributed by atoms with Crippen LogP contribution in [0.4, 0.5) is 5.69 Å². The van der Waals surface area contributed by atoms with E-state index in [1.807, 2.05) is 60.5 Å². The standard InChI is InChI=1S/C23H26N4O3/c1-25-21(16-19(24-25)17-8-10-18(29-2)11-9-17)23(28)27-14-12-26(13-15-27)20-6-4-5-7-22(20)30-3/h4-11,16H,12-15H2,1-3H3. The summed E-state index contributed by atoms with van der Waals surface area (Å²) in [6.07, 6.45) is 0. The van der Waals surface area contributed by atoms with Gasteiger partial charge >= 0.3 is 0 Å². The number of para-hydroxylation sites is 2. The smallest absolute Gasteiger partial charge is 0.272 e. The number of hydrogen-bond donors (Lipinski definition) is 0. The lowest BCUT2D eigenvalue weighted by molar-refractivity contribution is 0.0735. The van der Waals surface area contributed by atoms with E-state index in [9.17, 15) is 4.79 Å². The molecule has 0 saturated carbocycles. The van der Waals surface area contributed by atoms with Crippen molar-refractivity contribution in [1.82, 2.24) is 14.7 Å². The van der Waals surface area contributed by atoms with E-state index in [-0.39, 0.29) is 5.91 Å². The van der Waals surface area contributed by atoms with Crippen LogP contribution in [0.5, 0.6) is 11.5 Å². The van der Waals surface area contributed by atoms with Gasteiger partial charge in [-0.25, -0.2) is 0 Å². The average molecular weight is 406 g/mol. The summed E-state index contributed by atoms with van der Waals surface area (Å²) in [5, 5.41) is 4.54. The van der Waals surface area contributed by atoms with Crippen molar-refractivity contribution < 1.29 is 14.3 Å². The van der Waals surface area contributed by atoms with Gasteiger partial charge in [0.05, 0.1) is 25.6 Å². The van der Waals surface area contributed by atoms with Crippen LogP contribution in [-0.2, 0) is 7.05 Å². The lowest BCUT2D eigenvalue weighted by Crippen LogP contribution is -2.49. The van der Waals surface area contributed by atoms with Crippen LogP contribution in [0.25, 0.3) is 11.3 Å². The predicted molar refractivity (Wildman–Crippen MR) is 116 cm³/mol. The number of rotatable bonds is 5. The zero-order chi connectivity index (χ0) is 21.1. The van der Waals surface area contributed by atoms with E-state index >= 15 is 0 Å². The second-order valence-corrected chi connectivity index (χ2v) is 7.22. The summed E-state index contributed by atoms with van der Waals surface area (Å²) in [7, 11) is 5.13. The van der Waals surface area contributed by atoms with E-state index in [1.165, 1.54) is 0 Å². The van der Waals surface area contributed by atoms with Gasteiger partial charge in [0.1, 0.15) is 17.2 Å². The van der Waals surface area contributed by atoms with E-state index in [0.717, 1.165) is 41.5 Å². The summed E-state index contributed by atoms with van der Waals surface area (Å²) in [4.78, 5) is 17.3. The average Bonchev–Trinajstić information content (AvgIpc) is 3.20. The van der Waals surface area contributed by atoms with Gasteiger partial charge in [-0.05, 0) is 42.5 Å². The molecule has 1 saturated heterocycles. The van der Waals surface area contributed by atoms with Gasteiger partial charge in [0, 0.05) is 38.8 Å². The number of amides is 1. The number of carbonyl (C=O) groups excluding carboxylic acids is 1. The number of methoxy groups -OCH3 is 2. The second-order valence-electron chi connectivity index (χ2n) is 7.22. The minimum atomic E-state index is 0.00411. The molecule has 3 aromatic rings. The van der Waals surface area contributed by atoms with Crippen molar-refractivity contribution in [2.75, 3.05) is 45.3 Å². The molecule has 30 heavy (non-hydrogen) atoms. The zero-order valence-electron chi connectivity index (χ0n) is 17.5. The summed E-state index contributed by atoms with van der Waals surface area (Å²) in [6, 6.07) is 17.5. The Labute approximate surface area is 176 Å². The van der Waals surface area contributed by atoms with E-state index in [0.29, 0.717) is 18.8 Å². The Hall–Kier alpha value is -3.48. The first-order valence-corrected chi connectivity index (χ1v) is 9.96. The van der Waals surface area contributed by atoms with Crippen molar-refractivity contribution in [3.05, 3.63) is 60.3 Å². The molecular formula is C23H26N4O3. The van der Waals surface area contributed by atoms with Crippen LogP contribution in [0, 0.1) is 0 Å². The highest BCUT2D eigenvalue weighted by molar-refractivity contribution is 5.94. The maximum atomic E-state index is 13.1. The molecule has 0 spiro atoms. The van der Waals surface area contributed by atoms with Crippen LogP contribution in [-0.4, -0.2) is 61.0 Å². The first-order chi connectivity index (χ1) is 14.6. The quantitative estimate of drug-likeness (QED) is 0.652. The summed E-state index contributed by atoms with van der Waals surface area (Å²) in [5.41, 5.74) is 3.38. The molecule has 0 aliphatic carbocycles. The number of hydrogen-bond acceptors (Lipinski definition) is 5. The third kappa shape index (κ3) is 3.83. The monoisotopic (exact) mass is 406 g/mol. The zero-order valence-corrected chi connectivity index (χ0v) is 17.5. The van der Waals surface area contributed by atoms with Crippen LogP contribution >= 0.6 is 0 Å². The summed E-state index contributed by atoms with van der Waals surface area (Å²) >= 11 is 0. The van der Waals surface area contributed by atoms with Gasteiger partial charge in [0.2, 0.25) is 0 Å². The molecule has 1 fully saturated rings. The number of aryl methyl sites for hydroxylation is 1. The van der Waals surface area contributed by atoms with Crippen molar-refractivity contribution in [2.45, 2.75) is 0 Å². The third-order valence-corrected chi connectivity index (χ3v) is 5.48. The minimum Gasteiger partial charge on any atom is -0.497 e. The summed E-state index contributed by atoms with van der Waals surface area (Å²) in [5.74, 6) is 1.65. The second kappa shape index (κ2) is 8.49. The molecule has 0 bridgehead atoms. The normalized spacial score (nSPS) is 14.0. The first-order valence-electron chi connectivity index (χ1n) is 9.96. The Balaban J connectivity index is 1.46. The van der Waals surface area contributed by atoms with Crippen molar-refractivity contribution >= 4 is 11.6 Å². The van der Waals surface area contributed by atoms with E-state index in [4.69, 9.17) is 9.47 Å². The van der Waals surface area contributed by atoms with Crippen molar-refractivity contribution in [2.24, 2.45) is 7.05 Å². The number of aromatic nitrogens is 2. The van der Waals surface area contributed by atoms with E-state index in [1.54, 1.807) is 18.9 Å². The molecule has 156 valence electrons. The molecule has 1 aliphatic rings. The molecule has 1 aromatic heterocycles. The van der Waals surface area contributed by atoms with Crippen LogP contribution in [0.2, 0.25) is 0 Å². The largest absolute Gasteiger partial charge is 0.497 e. The van der Waals surface area contributed by atoms with E-state index < -0.39 is 0 Å². The van der Waals surface area contributed by atoms with Gasteiger partial charge in [-0.1, -0.05) is 12.1 Å².